The summed E-state index contributed by atoms with van der Waals surface area (Å²) < 4.78 is 0. The first-order chi connectivity index (χ1) is 10.2. The number of allylic oxidation sites excluding steroid dienone is 4. The molecule has 0 unspecified atom stereocenters. The van der Waals surface area contributed by atoms with E-state index in [1.54, 1.807) is 0 Å². The second kappa shape index (κ2) is 6.12. The molecule has 0 fully saturated rings. The summed E-state index contributed by atoms with van der Waals surface area (Å²) in [6.45, 7) is 13.1. The maximum atomic E-state index is 4.39. The zero-order valence-corrected chi connectivity index (χ0v) is 14.7. The normalized spacial score (nSPS) is 15.9. The Morgan fingerprint density at radius 3 is 2.32 bits per heavy atom. The van der Waals surface area contributed by atoms with Crippen molar-refractivity contribution in [3.05, 3.63) is 53.1 Å². The Morgan fingerprint density at radius 1 is 1.05 bits per heavy atom. The van der Waals surface area contributed by atoms with Crippen LogP contribution in [0.4, 0.5) is 0 Å². The molecule has 118 valence electrons. The van der Waals surface area contributed by atoms with Gasteiger partial charge in [0, 0.05) is 11.1 Å². The van der Waals surface area contributed by atoms with E-state index in [2.05, 4.69) is 88.5 Å². The van der Waals surface area contributed by atoms with Crippen LogP contribution in [0, 0.1) is 5.41 Å². The van der Waals surface area contributed by atoms with Gasteiger partial charge in [0.1, 0.15) is 0 Å². The molecule has 1 aromatic carbocycles. The minimum absolute atomic E-state index is 0.0149. The van der Waals surface area contributed by atoms with Crippen molar-refractivity contribution in [3.63, 3.8) is 0 Å². The standard InChI is InChI=1S/C20H28N2/c1-19(2,3)17-12-11-15(13-17)18-10-8-7-9-16(18)14-21-22-20(4,5)6/h7-10,12-14,22H,11H2,1-6H3. The second-order valence-corrected chi connectivity index (χ2v) is 7.99. The number of hydrazone groups is 1. The fraction of sp³-hybridized carbons (Fsp3) is 0.450. The van der Waals surface area contributed by atoms with Crippen LogP contribution < -0.4 is 5.43 Å². The summed E-state index contributed by atoms with van der Waals surface area (Å²) in [5.41, 5.74) is 8.58. The van der Waals surface area contributed by atoms with Gasteiger partial charge in [-0.3, -0.25) is 0 Å². The van der Waals surface area contributed by atoms with E-state index < -0.39 is 0 Å². The van der Waals surface area contributed by atoms with Crippen LogP contribution in [0.15, 0.2) is 47.1 Å². The molecular weight excluding hydrogens is 268 g/mol. The molecule has 1 N–H and O–H groups in total. The van der Waals surface area contributed by atoms with E-state index >= 15 is 0 Å². The first-order valence-corrected chi connectivity index (χ1v) is 7.98. The molecule has 1 aromatic rings. The Balaban J connectivity index is 2.24. The van der Waals surface area contributed by atoms with Gasteiger partial charge in [0.05, 0.1) is 6.21 Å². The molecule has 2 heteroatoms. The van der Waals surface area contributed by atoms with Crippen molar-refractivity contribution in [1.29, 1.82) is 0 Å². The molecule has 2 rings (SSSR count). The predicted octanol–water partition coefficient (Wildman–Crippen LogP) is 5.17. The zero-order valence-electron chi connectivity index (χ0n) is 14.7. The van der Waals surface area contributed by atoms with Crippen molar-refractivity contribution in [2.24, 2.45) is 10.5 Å². The molecule has 0 radical (unpaired) electrons. The summed E-state index contributed by atoms with van der Waals surface area (Å²) in [5.74, 6) is 0. The maximum absolute atomic E-state index is 4.39. The van der Waals surface area contributed by atoms with Gasteiger partial charge >= 0.3 is 0 Å². The highest BCUT2D eigenvalue weighted by Crippen LogP contribution is 2.36. The van der Waals surface area contributed by atoms with E-state index in [-0.39, 0.29) is 11.0 Å². The third-order valence-electron chi connectivity index (χ3n) is 3.65. The molecule has 0 heterocycles. The van der Waals surface area contributed by atoms with E-state index in [9.17, 15) is 0 Å². The Hall–Kier alpha value is -1.83. The van der Waals surface area contributed by atoms with Gasteiger partial charge in [-0.2, -0.15) is 5.10 Å². The Morgan fingerprint density at radius 2 is 1.73 bits per heavy atom. The average molecular weight is 296 g/mol. The van der Waals surface area contributed by atoms with Crippen LogP contribution in [0.3, 0.4) is 0 Å². The van der Waals surface area contributed by atoms with Crippen LogP contribution in [0.2, 0.25) is 0 Å². The molecule has 22 heavy (non-hydrogen) atoms. The second-order valence-electron chi connectivity index (χ2n) is 7.99. The van der Waals surface area contributed by atoms with Crippen LogP contribution in [0.25, 0.3) is 5.57 Å². The minimum atomic E-state index is -0.0149. The van der Waals surface area contributed by atoms with Crippen molar-refractivity contribution >= 4 is 11.8 Å². The van der Waals surface area contributed by atoms with Gasteiger partial charge in [0.2, 0.25) is 0 Å². The van der Waals surface area contributed by atoms with Crippen molar-refractivity contribution in [2.75, 3.05) is 0 Å². The van der Waals surface area contributed by atoms with Crippen LogP contribution in [-0.2, 0) is 0 Å². The molecule has 0 aliphatic heterocycles. The Bertz CT molecular complexity index is 620. The van der Waals surface area contributed by atoms with Crippen LogP contribution >= 0.6 is 0 Å². The highest BCUT2D eigenvalue weighted by atomic mass is 15.3. The summed E-state index contributed by atoms with van der Waals surface area (Å²) in [6.07, 6.45) is 7.61. The van der Waals surface area contributed by atoms with Gasteiger partial charge < -0.3 is 5.43 Å². The lowest BCUT2D eigenvalue weighted by atomic mass is 9.87. The number of hydrogen-bond donors (Lipinski definition) is 1. The number of benzene rings is 1. The van der Waals surface area contributed by atoms with Crippen molar-refractivity contribution in [3.8, 4) is 0 Å². The number of hydrogen-bond acceptors (Lipinski definition) is 2. The fourth-order valence-corrected chi connectivity index (χ4v) is 2.43. The van der Waals surface area contributed by atoms with Gasteiger partial charge in [0.15, 0.2) is 0 Å². The first-order valence-electron chi connectivity index (χ1n) is 7.98. The van der Waals surface area contributed by atoms with Crippen LogP contribution in [0.1, 0.15) is 59.1 Å². The number of nitrogens with one attached hydrogen (secondary N) is 1. The van der Waals surface area contributed by atoms with Crippen molar-refractivity contribution in [2.45, 2.75) is 53.5 Å². The minimum Gasteiger partial charge on any atom is -0.305 e. The third kappa shape index (κ3) is 4.33. The molecule has 0 saturated carbocycles. The van der Waals surface area contributed by atoms with E-state index in [1.165, 1.54) is 16.7 Å². The summed E-state index contributed by atoms with van der Waals surface area (Å²) in [4.78, 5) is 0. The van der Waals surface area contributed by atoms with E-state index in [4.69, 9.17) is 0 Å². The summed E-state index contributed by atoms with van der Waals surface area (Å²) >= 11 is 0. The van der Waals surface area contributed by atoms with Gasteiger partial charge in [-0.05, 0) is 49.3 Å². The Labute approximate surface area is 135 Å². The van der Waals surface area contributed by atoms with Gasteiger partial charge in [-0.1, -0.05) is 57.2 Å². The number of rotatable bonds is 3. The lowest BCUT2D eigenvalue weighted by Gasteiger charge is -2.18. The first kappa shape index (κ1) is 16.5. The number of nitrogens with zero attached hydrogens (tertiary/aromatic N) is 1. The lowest BCUT2D eigenvalue weighted by molar-refractivity contribution is 0.442. The van der Waals surface area contributed by atoms with E-state index in [1.807, 2.05) is 6.21 Å². The van der Waals surface area contributed by atoms with Gasteiger partial charge in [0.25, 0.3) is 0 Å². The molecule has 0 spiro atoms. The monoisotopic (exact) mass is 296 g/mol. The SMILES string of the molecule is CC(C)(C)NN=Cc1ccccc1C1=CC(C(C)(C)C)=CC1. The van der Waals surface area contributed by atoms with E-state index in [0.717, 1.165) is 12.0 Å². The molecule has 0 atom stereocenters. The fourth-order valence-electron chi connectivity index (χ4n) is 2.43. The largest absolute Gasteiger partial charge is 0.305 e. The summed E-state index contributed by atoms with van der Waals surface area (Å²) in [6, 6.07) is 8.47. The zero-order chi connectivity index (χ0) is 16.4. The van der Waals surface area contributed by atoms with E-state index in [0.29, 0.717) is 0 Å². The molecule has 1 aliphatic carbocycles. The van der Waals surface area contributed by atoms with Crippen molar-refractivity contribution in [1.82, 2.24) is 5.43 Å². The molecular formula is C20H28N2. The summed E-state index contributed by atoms with van der Waals surface area (Å²) in [7, 11) is 0. The molecule has 0 bridgehead atoms. The topological polar surface area (TPSA) is 24.4 Å². The van der Waals surface area contributed by atoms with Gasteiger partial charge in [-0.15, -0.1) is 0 Å². The molecule has 0 amide bonds. The third-order valence-corrected chi connectivity index (χ3v) is 3.65. The molecule has 0 aromatic heterocycles. The summed E-state index contributed by atoms with van der Waals surface area (Å²) in [5, 5.41) is 4.39. The highest BCUT2D eigenvalue weighted by molar-refractivity contribution is 5.89. The van der Waals surface area contributed by atoms with Crippen molar-refractivity contribution < 1.29 is 0 Å². The van der Waals surface area contributed by atoms with Crippen LogP contribution in [-0.4, -0.2) is 11.8 Å². The molecule has 1 aliphatic rings. The molecule has 0 saturated heterocycles. The maximum Gasteiger partial charge on any atom is 0.0546 e. The molecule has 2 nitrogen and oxygen atoms in total. The highest BCUT2D eigenvalue weighted by Gasteiger charge is 2.20. The lowest BCUT2D eigenvalue weighted by Crippen LogP contribution is -2.31. The average Bonchev–Trinajstić information content (AvgIpc) is 2.87. The van der Waals surface area contributed by atoms with Crippen LogP contribution in [0.5, 0.6) is 0 Å². The van der Waals surface area contributed by atoms with Gasteiger partial charge in [-0.25, -0.2) is 0 Å². The Kier molecular flexibility index (Phi) is 4.60. The smallest absolute Gasteiger partial charge is 0.0546 e. The predicted molar refractivity (Wildman–Crippen MR) is 97.1 cm³/mol. The quantitative estimate of drug-likeness (QED) is 0.604.